The molecule has 106 valence electrons. The van der Waals surface area contributed by atoms with Gasteiger partial charge < -0.3 is 4.98 Å². The van der Waals surface area contributed by atoms with Gasteiger partial charge in [0, 0.05) is 11.4 Å². The van der Waals surface area contributed by atoms with Crippen molar-refractivity contribution in [2.75, 3.05) is 5.32 Å². The largest absolute Gasteiger partial charge is 0.341 e. The van der Waals surface area contributed by atoms with Crippen LogP contribution in [0.25, 0.3) is 11.2 Å². The van der Waals surface area contributed by atoms with Gasteiger partial charge in [-0.15, -0.1) is 11.6 Å². The van der Waals surface area contributed by atoms with Gasteiger partial charge >= 0.3 is 0 Å². The molecule has 0 unspecified atom stereocenters. The Morgan fingerprint density at radius 1 is 1.33 bits per heavy atom. The molecule has 1 amide bonds. The number of carbonyl (C=O) groups excluding carboxylic acids is 1. The summed E-state index contributed by atoms with van der Waals surface area (Å²) in [5.74, 6) is 0.0941. The van der Waals surface area contributed by atoms with E-state index in [0.29, 0.717) is 22.6 Å². The quantitative estimate of drug-likeness (QED) is 0.573. The number of halogens is 2. The van der Waals surface area contributed by atoms with Crippen molar-refractivity contribution in [1.82, 2.24) is 19.9 Å². The number of hydrogen-bond acceptors (Lipinski definition) is 4. The number of amides is 1. The van der Waals surface area contributed by atoms with Gasteiger partial charge in [-0.2, -0.15) is 9.97 Å². The fourth-order valence-electron chi connectivity index (χ4n) is 1.82. The van der Waals surface area contributed by atoms with Gasteiger partial charge in [0.1, 0.15) is 5.52 Å². The zero-order chi connectivity index (χ0) is 14.8. The smallest absolute Gasteiger partial charge is 0.258 e. The number of imidazole rings is 1. The van der Waals surface area contributed by atoms with Crippen LogP contribution in [0.5, 0.6) is 0 Å². The highest BCUT2D eigenvalue weighted by Crippen LogP contribution is 2.18. The predicted octanol–water partition coefficient (Wildman–Crippen LogP) is 3.00. The maximum absolute atomic E-state index is 12.2. The molecule has 3 rings (SSSR count). The Kier molecular flexibility index (Phi) is 3.72. The number of aromatic nitrogens is 4. The lowest BCUT2D eigenvalue weighted by Gasteiger charge is -2.05. The summed E-state index contributed by atoms with van der Waals surface area (Å²) in [5, 5.41) is 2.79. The SMILES string of the molecule is O=C(Nc1nc(Cl)c2[nH]cnc2n1)c1cccc(CCl)c1. The summed E-state index contributed by atoms with van der Waals surface area (Å²) < 4.78 is 0. The molecule has 0 aliphatic carbocycles. The molecule has 8 heteroatoms. The molecule has 0 atom stereocenters. The number of H-pyrrole nitrogens is 1. The summed E-state index contributed by atoms with van der Waals surface area (Å²) in [6.45, 7) is 0. The zero-order valence-corrected chi connectivity index (χ0v) is 12.1. The first-order chi connectivity index (χ1) is 10.2. The number of hydrogen-bond donors (Lipinski definition) is 2. The minimum absolute atomic E-state index is 0.0980. The lowest BCUT2D eigenvalue weighted by atomic mass is 10.1. The van der Waals surface area contributed by atoms with Crippen molar-refractivity contribution < 1.29 is 4.79 Å². The molecule has 0 aliphatic heterocycles. The van der Waals surface area contributed by atoms with Crippen molar-refractivity contribution in [3.63, 3.8) is 0 Å². The molecule has 3 aromatic rings. The molecule has 0 spiro atoms. The summed E-state index contributed by atoms with van der Waals surface area (Å²) >= 11 is 11.7. The third kappa shape index (κ3) is 2.81. The van der Waals surface area contributed by atoms with Crippen molar-refractivity contribution in [1.29, 1.82) is 0 Å². The van der Waals surface area contributed by atoms with Gasteiger partial charge in [0.05, 0.1) is 6.33 Å². The fraction of sp³-hybridized carbons (Fsp3) is 0.0769. The van der Waals surface area contributed by atoms with Gasteiger partial charge in [-0.3, -0.25) is 10.1 Å². The highest BCUT2D eigenvalue weighted by molar-refractivity contribution is 6.33. The topological polar surface area (TPSA) is 83.6 Å². The van der Waals surface area contributed by atoms with Gasteiger partial charge in [0.25, 0.3) is 5.91 Å². The van der Waals surface area contributed by atoms with E-state index in [1.54, 1.807) is 18.2 Å². The van der Waals surface area contributed by atoms with Gasteiger partial charge in [0.2, 0.25) is 5.95 Å². The molecular weight excluding hydrogens is 313 g/mol. The summed E-state index contributed by atoms with van der Waals surface area (Å²) in [5.41, 5.74) is 2.24. The van der Waals surface area contributed by atoms with E-state index in [1.807, 2.05) is 6.07 Å². The van der Waals surface area contributed by atoms with Gasteiger partial charge in [-0.05, 0) is 17.7 Å². The summed E-state index contributed by atoms with van der Waals surface area (Å²) in [7, 11) is 0. The van der Waals surface area contributed by atoms with Crippen molar-refractivity contribution in [2.24, 2.45) is 0 Å². The highest BCUT2D eigenvalue weighted by Gasteiger charge is 2.12. The van der Waals surface area contributed by atoms with E-state index in [0.717, 1.165) is 5.56 Å². The van der Waals surface area contributed by atoms with E-state index < -0.39 is 0 Å². The standard InChI is InChI=1S/C13H9Cl2N5O/c14-5-7-2-1-3-8(4-7)12(21)20-13-18-10(15)9-11(19-13)17-6-16-9/h1-4,6H,5H2,(H2,16,17,18,19,20,21). The number of nitrogens with zero attached hydrogens (tertiary/aromatic N) is 3. The lowest BCUT2D eigenvalue weighted by Crippen LogP contribution is -2.14. The molecule has 0 radical (unpaired) electrons. The fourth-order valence-corrected chi connectivity index (χ4v) is 2.21. The first-order valence-electron chi connectivity index (χ1n) is 6.00. The Morgan fingerprint density at radius 2 is 2.19 bits per heavy atom. The van der Waals surface area contributed by atoms with Gasteiger partial charge in [-0.1, -0.05) is 23.7 Å². The van der Waals surface area contributed by atoms with Crippen LogP contribution in [-0.4, -0.2) is 25.8 Å². The van der Waals surface area contributed by atoms with Crippen LogP contribution < -0.4 is 5.32 Å². The van der Waals surface area contributed by atoms with E-state index in [1.165, 1.54) is 6.33 Å². The molecule has 1 aromatic carbocycles. The minimum atomic E-state index is -0.340. The molecule has 2 N–H and O–H groups in total. The van der Waals surface area contributed by atoms with Crippen molar-refractivity contribution in [3.8, 4) is 0 Å². The molecule has 0 fully saturated rings. The summed E-state index contributed by atoms with van der Waals surface area (Å²) in [6.07, 6.45) is 1.46. The predicted molar refractivity (Wildman–Crippen MR) is 80.6 cm³/mol. The van der Waals surface area contributed by atoms with Crippen LogP contribution in [0.1, 0.15) is 15.9 Å². The Morgan fingerprint density at radius 3 is 3.00 bits per heavy atom. The zero-order valence-electron chi connectivity index (χ0n) is 10.6. The number of fused-ring (bicyclic) bond motifs is 1. The first kappa shape index (κ1) is 13.8. The Labute approximate surface area is 129 Å². The number of rotatable bonds is 3. The van der Waals surface area contributed by atoms with Crippen LogP contribution >= 0.6 is 23.2 Å². The average molecular weight is 322 g/mol. The number of aromatic amines is 1. The van der Waals surface area contributed by atoms with E-state index in [2.05, 4.69) is 25.3 Å². The molecule has 2 aromatic heterocycles. The maximum Gasteiger partial charge on any atom is 0.258 e. The van der Waals surface area contributed by atoms with Crippen LogP contribution in [0, 0.1) is 0 Å². The number of carbonyl (C=O) groups is 1. The Hall–Kier alpha value is -2.18. The van der Waals surface area contributed by atoms with Crippen LogP contribution in [-0.2, 0) is 5.88 Å². The molecule has 2 heterocycles. The van der Waals surface area contributed by atoms with E-state index in [9.17, 15) is 4.79 Å². The number of benzene rings is 1. The van der Waals surface area contributed by atoms with Crippen molar-refractivity contribution in [3.05, 3.63) is 46.9 Å². The Balaban J connectivity index is 1.88. The van der Waals surface area contributed by atoms with Crippen molar-refractivity contribution >= 4 is 46.2 Å². The molecule has 21 heavy (non-hydrogen) atoms. The molecule has 0 bridgehead atoms. The maximum atomic E-state index is 12.2. The van der Waals surface area contributed by atoms with Crippen LogP contribution in [0.3, 0.4) is 0 Å². The average Bonchev–Trinajstić information content (AvgIpc) is 2.96. The molecule has 0 aliphatic rings. The molecule has 6 nitrogen and oxygen atoms in total. The van der Waals surface area contributed by atoms with E-state index in [4.69, 9.17) is 23.2 Å². The second kappa shape index (κ2) is 5.67. The molecular formula is C13H9Cl2N5O. The lowest BCUT2D eigenvalue weighted by molar-refractivity contribution is 0.102. The summed E-state index contributed by atoms with van der Waals surface area (Å²) in [4.78, 5) is 27.1. The van der Waals surface area contributed by atoms with Gasteiger partial charge in [-0.25, -0.2) is 4.98 Å². The number of alkyl halides is 1. The highest BCUT2D eigenvalue weighted by atomic mass is 35.5. The number of nitrogens with one attached hydrogen (secondary N) is 2. The first-order valence-corrected chi connectivity index (χ1v) is 6.91. The Bertz CT molecular complexity index is 817. The van der Waals surface area contributed by atoms with Gasteiger partial charge in [0.15, 0.2) is 10.8 Å². The van der Waals surface area contributed by atoms with Crippen LogP contribution in [0.4, 0.5) is 5.95 Å². The second-order valence-corrected chi connectivity index (χ2v) is 4.85. The number of anilines is 1. The minimum Gasteiger partial charge on any atom is -0.341 e. The second-order valence-electron chi connectivity index (χ2n) is 4.23. The third-order valence-electron chi connectivity index (χ3n) is 2.81. The monoisotopic (exact) mass is 321 g/mol. The summed E-state index contributed by atoms with van der Waals surface area (Å²) in [6, 6.07) is 6.99. The van der Waals surface area contributed by atoms with Crippen molar-refractivity contribution in [2.45, 2.75) is 5.88 Å². The van der Waals surface area contributed by atoms with Crippen LogP contribution in [0.15, 0.2) is 30.6 Å². The normalized spacial score (nSPS) is 10.8. The van der Waals surface area contributed by atoms with Crippen LogP contribution in [0.2, 0.25) is 5.15 Å². The van der Waals surface area contributed by atoms with E-state index in [-0.39, 0.29) is 17.0 Å². The molecule has 0 saturated carbocycles. The molecule has 0 saturated heterocycles. The third-order valence-corrected chi connectivity index (χ3v) is 3.39. The van der Waals surface area contributed by atoms with E-state index >= 15 is 0 Å².